The molecule has 0 amide bonds. The van der Waals surface area contributed by atoms with Crippen molar-refractivity contribution in [3.05, 3.63) is 34.6 Å². The number of hydrogen-bond donors (Lipinski definition) is 0. The Balaban J connectivity index is 2.86. The third-order valence-electron chi connectivity index (χ3n) is 1.40. The van der Waals surface area contributed by atoms with E-state index in [0.29, 0.717) is 10.6 Å². The maximum atomic E-state index is 13.0. The fraction of sp³-hybridized carbons (Fsp3) is 0.250. The molecule has 0 unspecified atom stereocenters. The molecule has 0 fully saturated rings. The van der Waals surface area contributed by atoms with Crippen LogP contribution in [0.3, 0.4) is 0 Å². The molecule has 0 aliphatic rings. The maximum absolute atomic E-state index is 13.0. The van der Waals surface area contributed by atoms with Crippen LogP contribution >= 0.6 is 11.6 Å². The molecule has 2 nitrogen and oxygen atoms in total. The lowest BCUT2D eigenvalue weighted by molar-refractivity contribution is 0.608. The van der Waals surface area contributed by atoms with Crippen molar-refractivity contribution in [2.75, 3.05) is 7.05 Å². The van der Waals surface area contributed by atoms with Gasteiger partial charge in [0.05, 0.1) is 6.54 Å². The lowest BCUT2D eigenvalue weighted by Gasteiger charge is -1.97. The summed E-state index contributed by atoms with van der Waals surface area (Å²) in [5.74, 6) is -0.338. The van der Waals surface area contributed by atoms with Gasteiger partial charge in [-0.1, -0.05) is 17.7 Å². The van der Waals surface area contributed by atoms with Gasteiger partial charge >= 0.3 is 0 Å². The van der Waals surface area contributed by atoms with Crippen LogP contribution in [0.4, 0.5) is 4.39 Å². The summed E-state index contributed by atoms with van der Waals surface area (Å²) in [6, 6.07) is 4.50. The van der Waals surface area contributed by atoms with Crippen LogP contribution in [0.5, 0.6) is 0 Å². The van der Waals surface area contributed by atoms with Gasteiger partial charge in [0, 0.05) is 17.6 Å². The quantitative estimate of drug-likeness (QED) is 0.635. The fourth-order valence-electron chi connectivity index (χ4n) is 0.797. The molecule has 0 saturated heterocycles. The zero-order valence-electron chi connectivity index (χ0n) is 6.59. The summed E-state index contributed by atoms with van der Waals surface area (Å²) in [5.41, 5.74) is 0.505. The Hall–Kier alpha value is -0.960. The summed E-state index contributed by atoms with van der Waals surface area (Å²) >= 11 is 5.56. The molecule has 0 heterocycles. The van der Waals surface area contributed by atoms with Crippen LogP contribution < -0.4 is 0 Å². The van der Waals surface area contributed by atoms with Gasteiger partial charge in [0.15, 0.2) is 0 Å². The minimum absolute atomic E-state index is 0.263. The molecule has 1 aromatic rings. The maximum Gasteiger partial charge on any atom is 0.129 e. The number of hydrogen-bond acceptors (Lipinski definition) is 2. The SMILES string of the molecule is CN=NCc1ccc(Cl)cc1F. The van der Waals surface area contributed by atoms with E-state index in [1.54, 1.807) is 19.2 Å². The van der Waals surface area contributed by atoms with E-state index in [1.165, 1.54) is 6.07 Å². The highest BCUT2D eigenvalue weighted by molar-refractivity contribution is 6.30. The molecule has 1 rings (SSSR count). The molecule has 1 aromatic carbocycles. The molecule has 0 spiro atoms. The van der Waals surface area contributed by atoms with Crippen molar-refractivity contribution in [2.24, 2.45) is 10.2 Å². The molecule has 0 bridgehead atoms. The number of azo groups is 1. The molecule has 4 heteroatoms. The van der Waals surface area contributed by atoms with Crippen LogP contribution in [-0.2, 0) is 6.54 Å². The third-order valence-corrected chi connectivity index (χ3v) is 1.63. The van der Waals surface area contributed by atoms with Gasteiger partial charge in [-0.2, -0.15) is 10.2 Å². The molecule has 12 heavy (non-hydrogen) atoms. The Bertz CT molecular complexity index is 299. The van der Waals surface area contributed by atoms with Crippen molar-refractivity contribution < 1.29 is 4.39 Å². The predicted molar refractivity (Wildman–Crippen MR) is 45.9 cm³/mol. The van der Waals surface area contributed by atoms with Crippen LogP contribution in [0.25, 0.3) is 0 Å². The fourth-order valence-corrected chi connectivity index (χ4v) is 0.956. The first-order chi connectivity index (χ1) is 5.74. The van der Waals surface area contributed by atoms with Crippen molar-refractivity contribution in [3.8, 4) is 0 Å². The lowest BCUT2D eigenvalue weighted by atomic mass is 10.2. The van der Waals surface area contributed by atoms with Crippen molar-refractivity contribution in [1.29, 1.82) is 0 Å². The molecule has 0 N–H and O–H groups in total. The minimum atomic E-state index is -0.338. The average Bonchev–Trinajstić information content (AvgIpc) is 2.03. The van der Waals surface area contributed by atoms with Gasteiger partial charge in [0.1, 0.15) is 5.82 Å². The normalized spacial score (nSPS) is 10.9. The van der Waals surface area contributed by atoms with E-state index < -0.39 is 0 Å². The first-order valence-corrected chi connectivity index (χ1v) is 3.81. The largest absolute Gasteiger partial charge is 0.207 e. The van der Waals surface area contributed by atoms with Gasteiger partial charge in [-0.25, -0.2) is 4.39 Å². The lowest BCUT2D eigenvalue weighted by Crippen LogP contribution is -1.86. The van der Waals surface area contributed by atoms with Crippen LogP contribution in [0.1, 0.15) is 5.56 Å². The summed E-state index contributed by atoms with van der Waals surface area (Å²) in [7, 11) is 1.55. The summed E-state index contributed by atoms with van der Waals surface area (Å²) < 4.78 is 13.0. The third kappa shape index (κ3) is 2.27. The monoisotopic (exact) mass is 186 g/mol. The molecule has 0 aromatic heterocycles. The van der Waals surface area contributed by atoms with Crippen LogP contribution in [0.2, 0.25) is 5.02 Å². The van der Waals surface area contributed by atoms with Crippen LogP contribution in [-0.4, -0.2) is 7.05 Å². The van der Waals surface area contributed by atoms with Crippen molar-refractivity contribution in [3.63, 3.8) is 0 Å². The molecular weight excluding hydrogens is 179 g/mol. The number of halogens is 2. The second kappa shape index (κ2) is 4.16. The first-order valence-electron chi connectivity index (χ1n) is 3.43. The van der Waals surface area contributed by atoms with Crippen molar-refractivity contribution >= 4 is 11.6 Å². The molecular formula is C8H8ClFN2. The number of nitrogens with zero attached hydrogens (tertiary/aromatic N) is 2. The van der Waals surface area contributed by atoms with Crippen molar-refractivity contribution in [1.82, 2.24) is 0 Å². The van der Waals surface area contributed by atoms with E-state index in [9.17, 15) is 4.39 Å². The Morgan fingerprint density at radius 3 is 2.83 bits per heavy atom. The summed E-state index contributed by atoms with van der Waals surface area (Å²) in [4.78, 5) is 0. The van der Waals surface area contributed by atoms with Gasteiger partial charge in [0.2, 0.25) is 0 Å². The average molecular weight is 187 g/mol. The van der Waals surface area contributed by atoms with Crippen molar-refractivity contribution in [2.45, 2.75) is 6.54 Å². The van der Waals surface area contributed by atoms with E-state index in [1.807, 2.05) is 0 Å². The number of benzene rings is 1. The molecule has 0 aliphatic carbocycles. The van der Waals surface area contributed by atoms with E-state index in [0.717, 1.165) is 0 Å². The minimum Gasteiger partial charge on any atom is -0.207 e. The van der Waals surface area contributed by atoms with E-state index in [2.05, 4.69) is 10.2 Å². The highest BCUT2D eigenvalue weighted by Gasteiger charge is 2.00. The van der Waals surface area contributed by atoms with E-state index in [-0.39, 0.29) is 12.4 Å². The number of rotatable bonds is 2. The first kappa shape index (κ1) is 9.13. The zero-order chi connectivity index (χ0) is 8.97. The Kier molecular flexibility index (Phi) is 3.17. The smallest absolute Gasteiger partial charge is 0.129 e. The molecule has 64 valence electrons. The van der Waals surface area contributed by atoms with Crippen LogP contribution in [0, 0.1) is 5.82 Å². The van der Waals surface area contributed by atoms with Gasteiger partial charge in [-0.05, 0) is 12.1 Å². The van der Waals surface area contributed by atoms with E-state index >= 15 is 0 Å². The summed E-state index contributed by atoms with van der Waals surface area (Å²) in [5, 5.41) is 7.59. The van der Waals surface area contributed by atoms with E-state index in [4.69, 9.17) is 11.6 Å². The standard InChI is InChI=1S/C8H8ClFN2/c1-11-12-5-6-2-3-7(9)4-8(6)10/h2-4H,5H2,1H3. The molecule has 0 radical (unpaired) electrons. The Morgan fingerprint density at radius 2 is 2.25 bits per heavy atom. The Morgan fingerprint density at radius 1 is 1.50 bits per heavy atom. The zero-order valence-corrected chi connectivity index (χ0v) is 7.35. The highest BCUT2D eigenvalue weighted by Crippen LogP contribution is 2.15. The van der Waals surface area contributed by atoms with Gasteiger partial charge in [0.25, 0.3) is 0 Å². The molecule has 0 saturated carbocycles. The van der Waals surface area contributed by atoms with Crippen LogP contribution in [0.15, 0.2) is 28.4 Å². The Labute approximate surface area is 75.1 Å². The molecule has 0 aliphatic heterocycles. The van der Waals surface area contributed by atoms with Gasteiger partial charge in [-0.3, -0.25) is 0 Å². The second-order valence-electron chi connectivity index (χ2n) is 2.24. The second-order valence-corrected chi connectivity index (χ2v) is 2.67. The topological polar surface area (TPSA) is 24.7 Å². The summed E-state index contributed by atoms with van der Waals surface area (Å²) in [6.45, 7) is 0.263. The predicted octanol–water partition coefficient (Wildman–Crippen LogP) is 3.06. The summed E-state index contributed by atoms with van der Waals surface area (Å²) in [6.07, 6.45) is 0. The molecule has 0 atom stereocenters. The van der Waals surface area contributed by atoms with Gasteiger partial charge < -0.3 is 0 Å². The highest BCUT2D eigenvalue weighted by atomic mass is 35.5. The van der Waals surface area contributed by atoms with Gasteiger partial charge in [-0.15, -0.1) is 0 Å².